The molecule has 2 heterocycles. The van der Waals surface area contributed by atoms with Gasteiger partial charge in [0.2, 0.25) is 5.91 Å². The van der Waals surface area contributed by atoms with Gasteiger partial charge in [-0.1, -0.05) is 0 Å². The second-order valence-electron chi connectivity index (χ2n) is 5.53. The Morgan fingerprint density at radius 2 is 2.12 bits per heavy atom. The van der Waals surface area contributed by atoms with Crippen LogP contribution in [0.3, 0.4) is 0 Å². The lowest BCUT2D eigenvalue weighted by molar-refractivity contribution is -0.117. The molecule has 0 radical (unpaired) electrons. The van der Waals surface area contributed by atoms with Gasteiger partial charge in [0, 0.05) is 19.0 Å². The van der Waals surface area contributed by atoms with Crippen molar-refractivity contribution in [2.75, 3.05) is 11.4 Å². The molecular weight excluding hydrogens is 238 g/mol. The van der Waals surface area contributed by atoms with Crippen LogP contribution in [-0.4, -0.2) is 27.6 Å². The summed E-state index contributed by atoms with van der Waals surface area (Å²) >= 11 is 6.03. The standard InChI is InChI=1S/C12H18ClN3O/c1-8-5-10(16(14-8)12(2,3)4)15-7-9(13)6-11(15)17/h5,9H,6-7H2,1-4H3. The van der Waals surface area contributed by atoms with Crippen molar-refractivity contribution >= 4 is 23.3 Å². The van der Waals surface area contributed by atoms with Gasteiger partial charge in [0.1, 0.15) is 5.82 Å². The van der Waals surface area contributed by atoms with E-state index in [2.05, 4.69) is 25.9 Å². The van der Waals surface area contributed by atoms with Crippen molar-refractivity contribution < 1.29 is 4.79 Å². The second kappa shape index (κ2) is 4.02. The minimum absolute atomic E-state index is 0.0791. The highest BCUT2D eigenvalue weighted by atomic mass is 35.5. The molecule has 1 aliphatic heterocycles. The molecule has 4 nitrogen and oxygen atoms in total. The van der Waals surface area contributed by atoms with E-state index >= 15 is 0 Å². The van der Waals surface area contributed by atoms with Crippen molar-refractivity contribution in [1.82, 2.24) is 9.78 Å². The number of halogens is 1. The van der Waals surface area contributed by atoms with E-state index in [-0.39, 0.29) is 16.8 Å². The molecule has 0 N–H and O–H groups in total. The number of hydrogen-bond acceptors (Lipinski definition) is 2. The molecular formula is C12H18ClN3O. The molecule has 17 heavy (non-hydrogen) atoms. The Labute approximate surface area is 107 Å². The van der Waals surface area contributed by atoms with Gasteiger partial charge in [-0.25, -0.2) is 4.68 Å². The smallest absolute Gasteiger partial charge is 0.229 e. The molecule has 1 aromatic rings. The fourth-order valence-electron chi connectivity index (χ4n) is 2.06. The third kappa shape index (κ3) is 2.32. The quantitative estimate of drug-likeness (QED) is 0.722. The number of alkyl halides is 1. The van der Waals surface area contributed by atoms with Gasteiger partial charge in [-0.2, -0.15) is 5.10 Å². The first kappa shape index (κ1) is 12.4. The lowest BCUT2D eigenvalue weighted by atomic mass is 10.1. The number of aryl methyl sites for hydroxylation is 1. The first-order valence-corrected chi connectivity index (χ1v) is 6.24. The Kier molecular flexibility index (Phi) is 2.94. The Balaban J connectivity index is 2.42. The molecule has 1 atom stereocenters. The van der Waals surface area contributed by atoms with E-state index in [1.54, 1.807) is 4.90 Å². The number of carbonyl (C=O) groups excluding carboxylic acids is 1. The summed E-state index contributed by atoms with van der Waals surface area (Å²) in [6.07, 6.45) is 0.413. The summed E-state index contributed by atoms with van der Waals surface area (Å²) in [5.74, 6) is 0.929. The molecule has 1 amide bonds. The van der Waals surface area contributed by atoms with E-state index in [4.69, 9.17) is 11.6 Å². The van der Waals surface area contributed by atoms with Crippen molar-refractivity contribution in [3.05, 3.63) is 11.8 Å². The van der Waals surface area contributed by atoms with Crippen LogP contribution in [0.1, 0.15) is 32.9 Å². The lowest BCUT2D eigenvalue weighted by Gasteiger charge is -2.26. The molecule has 0 aromatic carbocycles. The highest BCUT2D eigenvalue weighted by Gasteiger charge is 2.33. The fourth-order valence-corrected chi connectivity index (χ4v) is 2.33. The third-order valence-electron chi connectivity index (χ3n) is 2.80. The van der Waals surface area contributed by atoms with Crippen molar-refractivity contribution in [3.8, 4) is 0 Å². The topological polar surface area (TPSA) is 38.1 Å². The minimum Gasteiger partial charge on any atom is -0.295 e. The van der Waals surface area contributed by atoms with Crippen molar-refractivity contribution in [2.24, 2.45) is 0 Å². The predicted octanol–water partition coefficient (Wildman–Crippen LogP) is 2.29. The van der Waals surface area contributed by atoms with Crippen LogP contribution in [0.25, 0.3) is 0 Å². The van der Waals surface area contributed by atoms with E-state index in [0.29, 0.717) is 13.0 Å². The average molecular weight is 256 g/mol. The highest BCUT2D eigenvalue weighted by Crippen LogP contribution is 2.29. The van der Waals surface area contributed by atoms with Gasteiger partial charge >= 0.3 is 0 Å². The Bertz CT molecular complexity index is 447. The Morgan fingerprint density at radius 1 is 1.47 bits per heavy atom. The maximum atomic E-state index is 11.9. The molecule has 1 unspecified atom stereocenters. The summed E-state index contributed by atoms with van der Waals surface area (Å²) in [7, 11) is 0. The first-order valence-electron chi connectivity index (χ1n) is 5.80. The zero-order valence-corrected chi connectivity index (χ0v) is 11.5. The fraction of sp³-hybridized carbons (Fsp3) is 0.667. The molecule has 1 saturated heterocycles. The van der Waals surface area contributed by atoms with E-state index in [1.807, 2.05) is 17.7 Å². The molecule has 1 aliphatic rings. The molecule has 5 heteroatoms. The van der Waals surface area contributed by atoms with Crippen LogP contribution in [0.4, 0.5) is 5.82 Å². The summed E-state index contributed by atoms with van der Waals surface area (Å²) in [5.41, 5.74) is 0.773. The van der Waals surface area contributed by atoms with Crippen LogP contribution in [0.2, 0.25) is 0 Å². The van der Waals surface area contributed by atoms with Crippen LogP contribution in [0, 0.1) is 6.92 Å². The molecule has 0 saturated carbocycles. The zero-order valence-electron chi connectivity index (χ0n) is 10.7. The minimum atomic E-state index is -0.145. The average Bonchev–Trinajstić information content (AvgIpc) is 2.68. The van der Waals surface area contributed by atoms with Gasteiger partial charge in [-0.05, 0) is 27.7 Å². The number of nitrogens with zero attached hydrogens (tertiary/aromatic N) is 3. The monoisotopic (exact) mass is 255 g/mol. The number of anilines is 1. The van der Waals surface area contributed by atoms with Gasteiger partial charge < -0.3 is 0 Å². The maximum Gasteiger partial charge on any atom is 0.229 e. The summed E-state index contributed by atoms with van der Waals surface area (Å²) in [5, 5.41) is 4.37. The van der Waals surface area contributed by atoms with Crippen molar-refractivity contribution in [1.29, 1.82) is 0 Å². The van der Waals surface area contributed by atoms with Gasteiger partial charge in [-0.15, -0.1) is 11.6 Å². The maximum absolute atomic E-state index is 11.9. The number of hydrogen-bond donors (Lipinski definition) is 0. The molecule has 0 bridgehead atoms. The summed E-state index contributed by atoms with van der Waals surface area (Å²) in [6, 6.07) is 1.94. The summed E-state index contributed by atoms with van der Waals surface area (Å²) in [6.45, 7) is 8.72. The van der Waals surface area contributed by atoms with Crippen molar-refractivity contribution in [3.63, 3.8) is 0 Å². The van der Waals surface area contributed by atoms with E-state index in [1.165, 1.54) is 0 Å². The third-order valence-corrected chi connectivity index (χ3v) is 3.09. The van der Waals surface area contributed by atoms with Crippen LogP contribution in [-0.2, 0) is 10.3 Å². The summed E-state index contributed by atoms with van der Waals surface area (Å²) < 4.78 is 1.90. The Hall–Kier alpha value is -1.03. The van der Waals surface area contributed by atoms with Gasteiger partial charge in [0.25, 0.3) is 0 Å². The van der Waals surface area contributed by atoms with Crippen LogP contribution in [0.15, 0.2) is 6.07 Å². The van der Waals surface area contributed by atoms with Gasteiger partial charge in [-0.3, -0.25) is 9.69 Å². The molecule has 1 fully saturated rings. The number of aromatic nitrogens is 2. The van der Waals surface area contributed by atoms with Crippen LogP contribution in [0.5, 0.6) is 0 Å². The first-order chi connectivity index (χ1) is 7.79. The SMILES string of the molecule is Cc1cc(N2CC(Cl)CC2=O)n(C(C)(C)C)n1. The van der Waals surface area contributed by atoms with Gasteiger partial charge in [0.15, 0.2) is 0 Å². The van der Waals surface area contributed by atoms with E-state index in [0.717, 1.165) is 11.5 Å². The van der Waals surface area contributed by atoms with E-state index in [9.17, 15) is 4.79 Å². The second-order valence-corrected chi connectivity index (χ2v) is 6.15. The highest BCUT2D eigenvalue weighted by molar-refractivity contribution is 6.24. The molecule has 2 rings (SSSR count). The number of rotatable bonds is 1. The van der Waals surface area contributed by atoms with E-state index < -0.39 is 0 Å². The van der Waals surface area contributed by atoms with Crippen LogP contribution < -0.4 is 4.90 Å². The summed E-state index contributed by atoms with van der Waals surface area (Å²) in [4.78, 5) is 13.6. The molecule has 0 spiro atoms. The Morgan fingerprint density at radius 3 is 2.59 bits per heavy atom. The number of amides is 1. The van der Waals surface area contributed by atoms with Crippen molar-refractivity contribution in [2.45, 2.75) is 45.0 Å². The normalized spacial score (nSPS) is 21.4. The lowest BCUT2D eigenvalue weighted by Crippen LogP contribution is -2.32. The molecule has 1 aromatic heterocycles. The zero-order chi connectivity index (χ0) is 12.8. The number of carbonyl (C=O) groups is 1. The molecule has 94 valence electrons. The predicted molar refractivity (Wildman–Crippen MR) is 68.6 cm³/mol. The van der Waals surface area contributed by atoms with Gasteiger partial charge in [0.05, 0.1) is 16.6 Å². The van der Waals surface area contributed by atoms with Crippen LogP contribution >= 0.6 is 11.6 Å². The largest absolute Gasteiger partial charge is 0.295 e. The molecule has 0 aliphatic carbocycles.